The fourth-order valence-corrected chi connectivity index (χ4v) is 3.10. The molecule has 0 aliphatic heterocycles. The Morgan fingerprint density at radius 2 is 1.95 bits per heavy atom. The normalized spacial score (nSPS) is 23.2. The monoisotopic (exact) mass is 294 g/mol. The molecule has 0 aromatic carbocycles. The molecule has 1 saturated carbocycles. The zero-order chi connectivity index (χ0) is 15.5. The van der Waals surface area contributed by atoms with Gasteiger partial charge in [-0.25, -0.2) is 0 Å². The molecule has 0 unspecified atom stereocenters. The molecule has 0 spiro atoms. The lowest BCUT2D eigenvalue weighted by Crippen LogP contribution is -2.25. The van der Waals surface area contributed by atoms with Crippen molar-refractivity contribution in [1.82, 2.24) is 10.1 Å². The SMILES string of the molecule is COCC(=O)Cc1nc(C2CCC(C(C)(C)C)CC2)no1. The van der Waals surface area contributed by atoms with E-state index in [1.165, 1.54) is 20.0 Å². The minimum absolute atomic E-state index is 0.0378. The summed E-state index contributed by atoms with van der Waals surface area (Å²) in [4.78, 5) is 15.9. The van der Waals surface area contributed by atoms with E-state index in [9.17, 15) is 4.79 Å². The second kappa shape index (κ2) is 6.69. The van der Waals surface area contributed by atoms with Gasteiger partial charge in [0.05, 0.1) is 6.42 Å². The van der Waals surface area contributed by atoms with Crippen LogP contribution in [0.25, 0.3) is 0 Å². The van der Waals surface area contributed by atoms with Crippen molar-refractivity contribution >= 4 is 5.78 Å². The summed E-state index contributed by atoms with van der Waals surface area (Å²) < 4.78 is 9.99. The highest BCUT2D eigenvalue weighted by Gasteiger charge is 2.32. The van der Waals surface area contributed by atoms with E-state index in [2.05, 4.69) is 30.9 Å². The van der Waals surface area contributed by atoms with E-state index in [1.54, 1.807) is 0 Å². The molecular weight excluding hydrogens is 268 g/mol. The van der Waals surface area contributed by atoms with Gasteiger partial charge in [0, 0.05) is 13.0 Å². The molecule has 0 N–H and O–H groups in total. The second-order valence-corrected chi connectivity index (χ2v) is 7.11. The number of carbonyl (C=O) groups is 1. The van der Waals surface area contributed by atoms with E-state index >= 15 is 0 Å². The van der Waals surface area contributed by atoms with Gasteiger partial charge in [0.15, 0.2) is 11.6 Å². The van der Waals surface area contributed by atoms with Crippen molar-refractivity contribution < 1.29 is 14.1 Å². The van der Waals surface area contributed by atoms with Crippen LogP contribution in [0.3, 0.4) is 0 Å². The molecule has 21 heavy (non-hydrogen) atoms. The third kappa shape index (κ3) is 4.37. The molecule has 0 atom stereocenters. The molecule has 118 valence electrons. The standard InChI is InChI=1S/C16H26N2O3/c1-16(2,3)12-7-5-11(6-8-12)15-17-14(21-18-15)9-13(19)10-20-4/h11-12H,5-10H2,1-4H3. The average molecular weight is 294 g/mol. The number of ether oxygens (including phenoxy) is 1. The Bertz CT molecular complexity index is 468. The summed E-state index contributed by atoms with van der Waals surface area (Å²) in [5.74, 6) is 2.28. The summed E-state index contributed by atoms with van der Waals surface area (Å²) in [5.41, 5.74) is 0.375. The van der Waals surface area contributed by atoms with Crippen LogP contribution < -0.4 is 0 Å². The van der Waals surface area contributed by atoms with Gasteiger partial charge in [-0.1, -0.05) is 25.9 Å². The summed E-state index contributed by atoms with van der Waals surface area (Å²) in [6, 6.07) is 0. The molecule has 0 saturated heterocycles. The van der Waals surface area contributed by atoms with Crippen LogP contribution in [0.4, 0.5) is 0 Å². The van der Waals surface area contributed by atoms with Crippen molar-refractivity contribution in [3.8, 4) is 0 Å². The van der Waals surface area contributed by atoms with E-state index in [-0.39, 0.29) is 18.8 Å². The van der Waals surface area contributed by atoms with Gasteiger partial charge in [0.25, 0.3) is 0 Å². The lowest BCUT2D eigenvalue weighted by atomic mass is 9.70. The Kier molecular flexibility index (Phi) is 5.14. The minimum Gasteiger partial charge on any atom is -0.377 e. The van der Waals surface area contributed by atoms with Gasteiger partial charge in [0.2, 0.25) is 5.89 Å². The number of ketones is 1. The van der Waals surface area contributed by atoms with Gasteiger partial charge >= 0.3 is 0 Å². The molecule has 0 amide bonds. The highest BCUT2D eigenvalue weighted by atomic mass is 16.5. The molecule has 1 aliphatic rings. The van der Waals surface area contributed by atoms with Crippen LogP contribution in [-0.2, 0) is 16.0 Å². The summed E-state index contributed by atoms with van der Waals surface area (Å²) >= 11 is 0. The molecule has 0 radical (unpaired) electrons. The van der Waals surface area contributed by atoms with Crippen molar-refractivity contribution in [2.24, 2.45) is 11.3 Å². The largest absolute Gasteiger partial charge is 0.377 e. The third-order valence-corrected chi connectivity index (χ3v) is 4.45. The van der Waals surface area contributed by atoms with Gasteiger partial charge in [-0.2, -0.15) is 4.98 Å². The molecule has 5 nitrogen and oxygen atoms in total. The fraction of sp³-hybridized carbons (Fsp3) is 0.812. The Morgan fingerprint density at radius 1 is 1.29 bits per heavy atom. The second-order valence-electron chi connectivity index (χ2n) is 7.11. The Morgan fingerprint density at radius 3 is 2.52 bits per heavy atom. The molecule has 1 fully saturated rings. The van der Waals surface area contributed by atoms with Crippen molar-refractivity contribution in [3.05, 3.63) is 11.7 Å². The molecule has 1 heterocycles. The van der Waals surface area contributed by atoms with Crippen LogP contribution in [-0.4, -0.2) is 29.6 Å². The van der Waals surface area contributed by atoms with Crippen LogP contribution >= 0.6 is 0 Å². The number of carbonyl (C=O) groups excluding carboxylic acids is 1. The van der Waals surface area contributed by atoms with Crippen LogP contribution in [0.2, 0.25) is 0 Å². The number of nitrogens with zero attached hydrogens (tertiary/aromatic N) is 2. The highest BCUT2D eigenvalue weighted by molar-refractivity contribution is 5.81. The van der Waals surface area contributed by atoms with E-state index in [0.29, 0.717) is 17.2 Å². The number of rotatable bonds is 5. The van der Waals surface area contributed by atoms with Gasteiger partial charge < -0.3 is 9.26 Å². The molecule has 2 rings (SSSR count). The van der Waals surface area contributed by atoms with Crippen LogP contribution in [0, 0.1) is 11.3 Å². The van der Waals surface area contributed by atoms with E-state index in [0.717, 1.165) is 24.6 Å². The summed E-state index contributed by atoms with van der Waals surface area (Å²) in [5, 5.41) is 4.06. The number of methoxy groups -OCH3 is 1. The van der Waals surface area contributed by atoms with Crippen LogP contribution in [0.1, 0.15) is 64.1 Å². The van der Waals surface area contributed by atoms with Crippen molar-refractivity contribution in [1.29, 1.82) is 0 Å². The lowest BCUT2D eigenvalue weighted by Gasteiger charge is -2.36. The first-order valence-electron chi connectivity index (χ1n) is 7.73. The number of hydrogen-bond donors (Lipinski definition) is 0. The van der Waals surface area contributed by atoms with E-state index < -0.39 is 0 Å². The molecule has 1 aromatic rings. The predicted molar refractivity (Wildman–Crippen MR) is 79.0 cm³/mol. The predicted octanol–water partition coefficient (Wildman–Crippen LogP) is 3.15. The zero-order valence-corrected chi connectivity index (χ0v) is 13.5. The first kappa shape index (κ1) is 16.1. The molecule has 1 aromatic heterocycles. The Balaban J connectivity index is 1.90. The van der Waals surface area contributed by atoms with Crippen molar-refractivity contribution in [3.63, 3.8) is 0 Å². The molecule has 5 heteroatoms. The maximum absolute atomic E-state index is 11.5. The zero-order valence-electron chi connectivity index (χ0n) is 13.5. The summed E-state index contributed by atoms with van der Waals surface area (Å²) in [7, 11) is 1.50. The average Bonchev–Trinajstić information content (AvgIpc) is 2.86. The first-order valence-corrected chi connectivity index (χ1v) is 7.73. The Hall–Kier alpha value is -1.23. The van der Waals surface area contributed by atoms with Gasteiger partial charge in [0.1, 0.15) is 6.61 Å². The topological polar surface area (TPSA) is 65.2 Å². The van der Waals surface area contributed by atoms with Crippen LogP contribution in [0.5, 0.6) is 0 Å². The van der Waals surface area contributed by atoms with Gasteiger partial charge in [-0.3, -0.25) is 4.79 Å². The molecule has 1 aliphatic carbocycles. The first-order chi connectivity index (χ1) is 9.90. The Labute approximate surface area is 126 Å². The van der Waals surface area contributed by atoms with Gasteiger partial charge in [-0.05, 0) is 37.0 Å². The summed E-state index contributed by atoms with van der Waals surface area (Å²) in [6.07, 6.45) is 4.79. The summed E-state index contributed by atoms with van der Waals surface area (Å²) in [6.45, 7) is 7.03. The van der Waals surface area contributed by atoms with E-state index in [4.69, 9.17) is 9.26 Å². The molecule has 0 bridgehead atoms. The minimum atomic E-state index is -0.0378. The number of hydrogen-bond acceptors (Lipinski definition) is 5. The maximum atomic E-state index is 11.5. The van der Waals surface area contributed by atoms with Gasteiger partial charge in [-0.15, -0.1) is 0 Å². The fourth-order valence-electron chi connectivity index (χ4n) is 3.10. The quantitative estimate of drug-likeness (QED) is 0.834. The number of Topliss-reactive ketones (excluding diaryl/α,β-unsaturated/α-hetero) is 1. The van der Waals surface area contributed by atoms with Crippen LogP contribution in [0.15, 0.2) is 4.52 Å². The maximum Gasteiger partial charge on any atom is 0.234 e. The highest BCUT2D eigenvalue weighted by Crippen LogP contribution is 2.42. The molecular formula is C16H26N2O3. The van der Waals surface area contributed by atoms with E-state index in [1.807, 2.05) is 0 Å². The third-order valence-electron chi connectivity index (χ3n) is 4.45. The van der Waals surface area contributed by atoms with Crippen molar-refractivity contribution in [2.45, 2.75) is 58.8 Å². The lowest BCUT2D eigenvalue weighted by molar-refractivity contribution is -0.122. The smallest absolute Gasteiger partial charge is 0.234 e. The number of aromatic nitrogens is 2. The van der Waals surface area contributed by atoms with Crippen molar-refractivity contribution in [2.75, 3.05) is 13.7 Å².